The Balaban J connectivity index is 1.49. The number of nitrogens with one attached hydrogen (secondary N) is 1. The second kappa shape index (κ2) is 7.54. The van der Waals surface area contributed by atoms with E-state index in [-0.39, 0.29) is 5.63 Å². The Labute approximate surface area is 181 Å². The van der Waals surface area contributed by atoms with Gasteiger partial charge in [-0.05, 0) is 44.5 Å². The number of rotatable bonds is 4. The molecule has 1 unspecified atom stereocenters. The van der Waals surface area contributed by atoms with Crippen LogP contribution in [0.25, 0.3) is 27.6 Å². The standard InChI is InChI=1S/C25H28N4O2/c1-15(2)26-20-7-8-28(14-20)21-6-5-18-9-22(25(30)31-24(18)11-21)19-10-23-17(4)27-16(3)12-29(23)13-19/h5-6,9-13,15,20,26H,7-8,14H2,1-4H3. The van der Waals surface area contributed by atoms with Crippen molar-refractivity contribution < 1.29 is 4.42 Å². The van der Waals surface area contributed by atoms with Crippen LogP contribution < -0.4 is 15.8 Å². The maximum atomic E-state index is 12.9. The molecule has 31 heavy (non-hydrogen) atoms. The monoisotopic (exact) mass is 416 g/mol. The van der Waals surface area contributed by atoms with Gasteiger partial charge in [-0.1, -0.05) is 13.8 Å². The Bertz CT molecular complexity index is 1330. The van der Waals surface area contributed by atoms with E-state index in [1.807, 2.05) is 54.9 Å². The van der Waals surface area contributed by atoms with Crippen LogP contribution in [0.5, 0.6) is 0 Å². The molecule has 1 fully saturated rings. The number of hydrogen-bond acceptors (Lipinski definition) is 5. The summed E-state index contributed by atoms with van der Waals surface area (Å²) in [6.45, 7) is 10.3. The van der Waals surface area contributed by atoms with Gasteiger partial charge in [0.25, 0.3) is 0 Å². The Hall–Kier alpha value is -3.12. The van der Waals surface area contributed by atoms with Crippen molar-refractivity contribution in [2.45, 2.75) is 46.2 Å². The summed E-state index contributed by atoms with van der Waals surface area (Å²) in [6, 6.07) is 11.1. The molecule has 1 saturated heterocycles. The second-order valence-electron chi connectivity index (χ2n) is 8.91. The molecule has 160 valence electrons. The first-order chi connectivity index (χ1) is 14.9. The smallest absolute Gasteiger partial charge is 0.344 e. The van der Waals surface area contributed by atoms with Crippen molar-refractivity contribution in [3.8, 4) is 11.1 Å². The number of aryl methyl sites for hydroxylation is 2. The van der Waals surface area contributed by atoms with E-state index in [9.17, 15) is 4.79 Å². The van der Waals surface area contributed by atoms with Gasteiger partial charge in [-0.2, -0.15) is 0 Å². The van der Waals surface area contributed by atoms with Gasteiger partial charge in [0.05, 0.1) is 22.5 Å². The van der Waals surface area contributed by atoms with Crippen LogP contribution >= 0.6 is 0 Å². The van der Waals surface area contributed by atoms with E-state index in [4.69, 9.17) is 4.42 Å². The summed E-state index contributed by atoms with van der Waals surface area (Å²) in [5.74, 6) is 0. The first-order valence-electron chi connectivity index (χ1n) is 10.9. The fourth-order valence-electron chi connectivity index (χ4n) is 4.68. The molecular weight excluding hydrogens is 388 g/mol. The normalized spacial score (nSPS) is 16.8. The van der Waals surface area contributed by atoms with Gasteiger partial charge < -0.3 is 19.0 Å². The van der Waals surface area contributed by atoms with Gasteiger partial charge >= 0.3 is 5.63 Å². The fourth-order valence-corrected chi connectivity index (χ4v) is 4.68. The van der Waals surface area contributed by atoms with Gasteiger partial charge in [-0.25, -0.2) is 4.79 Å². The number of hydrogen-bond donors (Lipinski definition) is 1. The van der Waals surface area contributed by atoms with Gasteiger partial charge in [0.15, 0.2) is 0 Å². The Kier molecular flexibility index (Phi) is 4.82. The zero-order valence-electron chi connectivity index (χ0n) is 18.5. The minimum Gasteiger partial charge on any atom is -0.422 e. The molecule has 0 bridgehead atoms. The molecule has 1 aromatic carbocycles. The van der Waals surface area contributed by atoms with E-state index < -0.39 is 0 Å². The molecule has 6 heteroatoms. The molecule has 1 N–H and O–H groups in total. The Morgan fingerprint density at radius 3 is 2.81 bits per heavy atom. The first-order valence-corrected chi connectivity index (χ1v) is 10.9. The van der Waals surface area contributed by atoms with Gasteiger partial charge in [0, 0.05) is 60.3 Å². The maximum Gasteiger partial charge on any atom is 0.344 e. The molecule has 0 radical (unpaired) electrons. The third kappa shape index (κ3) is 3.72. The highest BCUT2D eigenvalue weighted by molar-refractivity contribution is 5.85. The van der Waals surface area contributed by atoms with Gasteiger partial charge in [0.2, 0.25) is 0 Å². The lowest BCUT2D eigenvalue weighted by Gasteiger charge is -2.20. The van der Waals surface area contributed by atoms with Crippen molar-refractivity contribution in [2.75, 3.05) is 18.0 Å². The summed E-state index contributed by atoms with van der Waals surface area (Å²) < 4.78 is 7.79. The number of benzene rings is 1. The third-order valence-electron chi connectivity index (χ3n) is 6.04. The van der Waals surface area contributed by atoms with Crippen LogP contribution in [0.15, 0.2) is 51.9 Å². The molecule has 1 aliphatic rings. The molecule has 4 aromatic rings. The fraction of sp³-hybridized carbons (Fsp3) is 0.360. The number of fused-ring (bicyclic) bond motifs is 2. The number of nitrogens with zero attached hydrogens (tertiary/aromatic N) is 3. The highest BCUT2D eigenvalue weighted by atomic mass is 16.4. The lowest BCUT2D eigenvalue weighted by atomic mass is 10.1. The number of aromatic nitrogens is 2. The van der Waals surface area contributed by atoms with E-state index in [1.165, 1.54) is 0 Å². The molecule has 1 atom stereocenters. The molecule has 5 rings (SSSR count). The van der Waals surface area contributed by atoms with Crippen molar-refractivity contribution in [3.63, 3.8) is 0 Å². The van der Waals surface area contributed by atoms with Crippen LogP contribution in [-0.4, -0.2) is 34.6 Å². The SMILES string of the molecule is Cc1cn2cc(-c3cc4ccc(N5CCC(NC(C)C)C5)cc4oc3=O)cc2c(C)n1. The largest absolute Gasteiger partial charge is 0.422 e. The Morgan fingerprint density at radius 1 is 1.16 bits per heavy atom. The van der Waals surface area contributed by atoms with Crippen molar-refractivity contribution in [1.82, 2.24) is 14.7 Å². The van der Waals surface area contributed by atoms with E-state index >= 15 is 0 Å². The molecule has 1 aliphatic heterocycles. The van der Waals surface area contributed by atoms with E-state index in [2.05, 4.69) is 35.1 Å². The van der Waals surface area contributed by atoms with Crippen molar-refractivity contribution in [3.05, 3.63) is 64.5 Å². The molecule has 0 amide bonds. The molecule has 0 spiro atoms. The summed E-state index contributed by atoms with van der Waals surface area (Å²) in [5.41, 5.74) is 5.71. The van der Waals surface area contributed by atoms with Crippen molar-refractivity contribution >= 4 is 22.2 Å². The average Bonchev–Trinajstić information content (AvgIpc) is 3.33. The van der Waals surface area contributed by atoms with Crippen LogP contribution in [0.1, 0.15) is 31.7 Å². The van der Waals surface area contributed by atoms with Gasteiger partial charge in [0.1, 0.15) is 5.58 Å². The summed E-state index contributed by atoms with van der Waals surface area (Å²) in [7, 11) is 0. The third-order valence-corrected chi connectivity index (χ3v) is 6.04. The van der Waals surface area contributed by atoms with E-state index in [0.717, 1.165) is 53.1 Å². The van der Waals surface area contributed by atoms with Gasteiger partial charge in [-0.3, -0.25) is 4.98 Å². The topological polar surface area (TPSA) is 62.8 Å². The molecule has 4 heterocycles. The van der Waals surface area contributed by atoms with Crippen LogP contribution in [0.4, 0.5) is 5.69 Å². The van der Waals surface area contributed by atoms with Gasteiger partial charge in [-0.15, -0.1) is 0 Å². The minimum absolute atomic E-state index is 0.316. The molecule has 6 nitrogen and oxygen atoms in total. The summed E-state index contributed by atoms with van der Waals surface area (Å²) in [4.78, 5) is 19.7. The predicted octanol–water partition coefficient (Wildman–Crippen LogP) is 4.30. The van der Waals surface area contributed by atoms with E-state index in [1.54, 1.807) is 0 Å². The molecular formula is C25H28N4O2. The molecule has 0 aliphatic carbocycles. The number of anilines is 1. The zero-order valence-corrected chi connectivity index (χ0v) is 18.5. The lowest BCUT2D eigenvalue weighted by molar-refractivity contribution is 0.492. The highest BCUT2D eigenvalue weighted by Crippen LogP contribution is 2.28. The lowest BCUT2D eigenvalue weighted by Crippen LogP contribution is -2.37. The average molecular weight is 417 g/mol. The Morgan fingerprint density at radius 2 is 2.00 bits per heavy atom. The summed E-state index contributed by atoms with van der Waals surface area (Å²) in [6.07, 6.45) is 5.06. The quantitative estimate of drug-likeness (QED) is 0.503. The van der Waals surface area contributed by atoms with Crippen LogP contribution in [0.2, 0.25) is 0 Å². The summed E-state index contributed by atoms with van der Waals surface area (Å²) in [5, 5.41) is 4.54. The van der Waals surface area contributed by atoms with Crippen LogP contribution in [-0.2, 0) is 0 Å². The van der Waals surface area contributed by atoms with Crippen LogP contribution in [0.3, 0.4) is 0 Å². The summed E-state index contributed by atoms with van der Waals surface area (Å²) >= 11 is 0. The van der Waals surface area contributed by atoms with E-state index in [0.29, 0.717) is 23.2 Å². The molecule has 3 aromatic heterocycles. The minimum atomic E-state index is -0.316. The van der Waals surface area contributed by atoms with Crippen molar-refractivity contribution in [1.29, 1.82) is 0 Å². The molecule has 0 saturated carbocycles. The zero-order chi connectivity index (χ0) is 21.7. The predicted molar refractivity (Wildman–Crippen MR) is 125 cm³/mol. The second-order valence-corrected chi connectivity index (χ2v) is 8.91. The maximum absolute atomic E-state index is 12.9. The van der Waals surface area contributed by atoms with Crippen molar-refractivity contribution in [2.24, 2.45) is 0 Å². The first kappa shape index (κ1) is 19.8. The van der Waals surface area contributed by atoms with Crippen LogP contribution in [0, 0.1) is 13.8 Å². The highest BCUT2D eigenvalue weighted by Gasteiger charge is 2.23.